The molecule has 0 N–H and O–H groups in total. The summed E-state index contributed by atoms with van der Waals surface area (Å²) in [6.45, 7) is 10.2. The first-order valence-corrected chi connectivity index (χ1v) is 5.52. The van der Waals surface area contributed by atoms with E-state index >= 15 is 0 Å². The van der Waals surface area contributed by atoms with E-state index in [-0.39, 0.29) is 5.91 Å². The third-order valence-corrected chi connectivity index (χ3v) is 2.40. The molecule has 1 heterocycles. The number of amides is 1. The molecule has 0 saturated carbocycles. The van der Waals surface area contributed by atoms with Crippen molar-refractivity contribution in [3.8, 4) is 0 Å². The number of nitrogens with zero attached hydrogens (tertiary/aromatic N) is 1. The monoisotopic (exact) mass is 221 g/mol. The highest BCUT2D eigenvalue weighted by Gasteiger charge is 2.18. The molecule has 0 radical (unpaired) electrons. The van der Waals surface area contributed by atoms with Crippen LogP contribution in [0.2, 0.25) is 0 Å². The zero-order valence-electron chi connectivity index (χ0n) is 10.0. The molecule has 3 nitrogen and oxygen atoms in total. The zero-order valence-corrected chi connectivity index (χ0v) is 10.0. The summed E-state index contributed by atoms with van der Waals surface area (Å²) in [6, 6.07) is 0. The molecule has 0 spiro atoms. The SMILES string of the molecule is C=C(C)/C=C\C(=C/C)C(=O)N1CCOCC1. The van der Waals surface area contributed by atoms with Crippen molar-refractivity contribution in [3.05, 3.63) is 36.0 Å². The Morgan fingerprint density at radius 2 is 1.94 bits per heavy atom. The normalized spacial score (nSPS) is 17.9. The van der Waals surface area contributed by atoms with Crippen molar-refractivity contribution in [1.82, 2.24) is 4.90 Å². The maximum absolute atomic E-state index is 12.1. The van der Waals surface area contributed by atoms with E-state index in [1.807, 2.05) is 37.0 Å². The smallest absolute Gasteiger partial charge is 0.253 e. The number of carbonyl (C=O) groups is 1. The van der Waals surface area contributed by atoms with E-state index in [9.17, 15) is 4.79 Å². The second-order valence-corrected chi connectivity index (χ2v) is 3.83. The molecule has 1 rings (SSSR count). The van der Waals surface area contributed by atoms with E-state index in [1.165, 1.54) is 0 Å². The minimum Gasteiger partial charge on any atom is -0.378 e. The zero-order chi connectivity index (χ0) is 12.0. The summed E-state index contributed by atoms with van der Waals surface area (Å²) in [5.74, 6) is 0.0725. The minimum atomic E-state index is 0.0725. The topological polar surface area (TPSA) is 29.5 Å². The number of morpholine rings is 1. The lowest BCUT2D eigenvalue weighted by Gasteiger charge is -2.27. The highest BCUT2D eigenvalue weighted by atomic mass is 16.5. The molecule has 1 fully saturated rings. The van der Waals surface area contributed by atoms with E-state index in [0.29, 0.717) is 31.9 Å². The first-order valence-electron chi connectivity index (χ1n) is 5.52. The Kier molecular flexibility index (Phi) is 4.99. The quantitative estimate of drug-likeness (QED) is 0.538. The van der Waals surface area contributed by atoms with Crippen molar-refractivity contribution in [2.75, 3.05) is 26.3 Å². The van der Waals surface area contributed by atoms with Gasteiger partial charge in [0, 0.05) is 18.7 Å². The molecule has 16 heavy (non-hydrogen) atoms. The van der Waals surface area contributed by atoms with Crippen LogP contribution in [0.25, 0.3) is 0 Å². The Labute approximate surface area is 97.1 Å². The Morgan fingerprint density at radius 1 is 1.31 bits per heavy atom. The van der Waals surface area contributed by atoms with E-state index in [1.54, 1.807) is 0 Å². The summed E-state index contributed by atoms with van der Waals surface area (Å²) in [5, 5.41) is 0. The average Bonchev–Trinajstić information content (AvgIpc) is 2.30. The molecule has 1 amide bonds. The fraction of sp³-hybridized carbons (Fsp3) is 0.462. The molecule has 0 aromatic rings. The van der Waals surface area contributed by atoms with Crippen LogP contribution in [0.1, 0.15) is 13.8 Å². The fourth-order valence-corrected chi connectivity index (χ4v) is 1.47. The van der Waals surface area contributed by atoms with Gasteiger partial charge in [-0.3, -0.25) is 4.79 Å². The molecule has 1 saturated heterocycles. The molecule has 1 aliphatic heterocycles. The summed E-state index contributed by atoms with van der Waals surface area (Å²) in [7, 11) is 0. The van der Waals surface area contributed by atoms with Gasteiger partial charge >= 0.3 is 0 Å². The van der Waals surface area contributed by atoms with Gasteiger partial charge in [0.15, 0.2) is 0 Å². The van der Waals surface area contributed by atoms with Crippen LogP contribution in [-0.2, 0) is 9.53 Å². The van der Waals surface area contributed by atoms with Gasteiger partial charge in [-0.2, -0.15) is 0 Å². The summed E-state index contributed by atoms with van der Waals surface area (Å²) in [4.78, 5) is 13.9. The first kappa shape index (κ1) is 12.7. The molecule has 0 unspecified atom stereocenters. The third-order valence-electron chi connectivity index (χ3n) is 2.40. The molecule has 0 aromatic carbocycles. The van der Waals surface area contributed by atoms with Crippen molar-refractivity contribution in [2.45, 2.75) is 13.8 Å². The number of allylic oxidation sites excluding steroid dienone is 3. The number of hydrogen-bond acceptors (Lipinski definition) is 2. The van der Waals surface area contributed by atoms with Crippen molar-refractivity contribution in [1.29, 1.82) is 0 Å². The van der Waals surface area contributed by atoms with Crippen molar-refractivity contribution in [2.24, 2.45) is 0 Å². The Bertz CT molecular complexity index is 323. The van der Waals surface area contributed by atoms with E-state index in [4.69, 9.17) is 4.74 Å². The van der Waals surface area contributed by atoms with E-state index in [2.05, 4.69) is 6.58 Å². The largest absolute Gasteiger partial charge is 0.378 e. The van der Waals surface area contributed by atoms with Crippen LogP contribution in [-0.4, -0.2) is 37.1 Å². The average molecular weight is 221 g/mol. The van der Waals surface area contributed by atoms with Gasteiger partial charge in [0.05, 0.1) is 13.2 Å². The predicted octanol–water partition coefficient (Wildman–Crippen LogP) is 1.92. The van der Waals surface area contributed by atoms with Gasteiger partial charge in [0.1, 0.15) is 0 Å². The summed E-state index contributed by atoms with van der Waals surface area (Å²) in [6.07, 6.45) is 5.51. The highest BCUT2D eigenvalue weighted by Crippen LogP contribution is 2.08. The highest BCUT2D eigenvalue weighted by molar-refractivity contribution is 5.96. The number of ether oxygens (including phenoxy) is 1. The van der Waals surface area contributed by atoms with Crippen LogP contribution in [0.3, 0.4) is 0 Å². The van der Waals surface area contributed by atoms with Gasteiger partial charge in [-0.05, 0) is 19.9 Å². The first-order chi connectivity index (χ1) is 7.65. The van der Waals surface area contributed by atoms with Gasteiger partial charge < -0.3 is 9.64 Å². The molecule has 0 bridgehead atoms. The summed E-state index contributed by atoms with van der Waals surface area (Å²) in [5.41, 5.74) is 1.65. The molecule has 0 atom stereocenters. The predicted molar refractivity (Wildman–Crippen MR) is 65.1 cm³/mol. The van der Waals surface area contributed by atoms with Crippen molar-refractivity contribution in [3.63, 3.8) is 0 Å². The third kappa shape index (κ3) is 3.66. The van der Waals surface area contributed by atoms with Gasteiger partial charge in [-0.1, -0.05) is 24.3 Å². The second-order valence-electron chi connectivity index (χ2n) is 3.83. The standard InChI is InChI=1S/C13H19NO2/c1-4-12(6-5-11(2)3)13(15)14-7-9-16-10-8-14/h4-6H,2,7-10H2,1,3H3/b6-5-,12-4+. The Morgan fingerprint density at radius 3 is 2.44 bits per heavy atom. The molecule has 0 aliphatic carbocycles. The van der Waals surface area contributed by atoms with Crippen LogP contribution in [0.5, 0.6) is 0 Å². The Balaban J connectivity index is 2.65. The van der Waals surface area contributed by atoms with Crippen LogP contribution < -0.4 is 0 Å². The Hall–Kier alpha value is -1.35. The molecule has 1 aliphatic rings. The van der Waals surface area contributed by atoms with Gasteiger partial charge in [-0.15, -0.1) is 0 Å². The summed E-state index contributed by atoms with van der Waals surface area (Å²) < 4.78 is 5.22. The molecule has 3 heteroatoms. The number of rotatable bonds is 3. The fourth-order valence-electron chi connectivity index (χ4n) is 1.47. The number of hydrogen-bond donors (Lipinski definition) is 0. The number of carbonyl (C=O) groups excluding carboxylic acids is 1. The van der Waals surface area contributed by atoms with E-state index in [0.717, 1.165) is 5.57 Å². The van der Waals surface area contributed by atoms with Crippen LogP contribution in [0, 0.1) is 0 Å². The van der Waals surface area contributed by atoms with Gasteiger partial charge in [-0.25, -0.2) is 0 Å². The maximum Gasteiger partial charge on any atom is 0.253 e. The van der Waals surface area contributed by atoms with Gasteiger partial charge in [0.25, 0.3) is 5.91 Å². The van der Waals surface area contributed by atoms with Crippen LogP contribution in [0.15, 0.2) is 36.0 Å². The lowest BCUT2D eigenvalue weighted by molar-refractivity contribution is -0.130. The molecule has 88 valence electrons. The maximum atomic E-state index is 12.1. The van der Waals surface area contributed by atoms with Crippen molar-refractivity contribution < 1.29 is 9.53 Å². The van der Waals surface area contributed by atoms with Gasteiger partial charge in [0.2, 0.25) is 0 Å². The lowest BCUT2D eigenvalue weighted by atomic mass is 10.1. The van der Waals surface area contributed by atoms with Crippen LogP contribution >= 0.6 is 0 Å². The van der Waals surface area contributed by atoms with E-state index < -0.39 is 0 Å². The van der Waals surface area contributed by atoms with Crippen LogP contribution in [0.4, 0.5) is 0 Å². The van der Waals surface area contributed by atoms with Crippen molar-refractivity contribution >= 4 is 5.91 Å². The summed E-state index contributed by atoms with van der Waals surface area (Å²) >= 11 is 0. The molecule has 0 aromatic heterocycles. The lowest BCUT2D eigenvalue weighted by Crippen LogP contribution is -2.41. The minimum absolute atomic E-state index is 0.0725. The second kappa shape index (κ2) is 6.28. The molecular formula is C13H19NO2. The molecular weight excluding hydrogens is 202 g/mol.